The largest absolute Gasteiger partial charge is 0.260 e. The third kappa shape index (κ3) is 2.96. The van der Waals surface area contributed by atoms with Gasteiger partial charge in [0.25, 0.3) is 0 Å². The number of hydrazone groups is 1. The van der Waals surface area contributed by atoms with E-state index in [9.17, 15) is 0 Å². The molecule has 0 saturated heterocycles. The van der Waals surface area contributed by atoms with Crippen LogP contribution in [0.2, 0.25) is 10.0 Å². The van der Waals surface area contributed by atoms with Crippen molar-refractivity contribution in [2.75, 3.05) is 0 Å². The zero-order valence-electron chi connectivity index (χ0n) is 12.3. The number of fused-ring (bicyclic) bond motifs is 1. The topological polar surface area (TPSA) is 36.8 Å². The summed E-state index contributed by atoms with van der Waals surface area (Å²) in [5, 5.41) is 7.92. The van der Waals surface area contributed by atoms with E-state index in [0.29, 0.717) is 10.0 Å². The predicted octanol–water partition coefficient (Wildman–Crippen LogP) is 5.49. The first-order valence-corrected chi connectivity index (χ1v) is 8.86. The van der Waals surface area contributed by atoms with Crippen molar-refractivity contribution in [1.82, 2.24) is 5.43 Å². The molecule has 0 atom stereocenters. The molecule has 1 aromatic heterocycles. The van der Waals surface area contributed by atoms with Gasteiger partial charge in [0.2, 0.25) is 0 Å². The van der Waals surface area contributed by atoms with Gasteiger partial charge in [-0.3, -0.25) is 5.43 Å². The van der Waals surface area contributed by atoms with Gasteiger partial charge < -0.3 is 0 Å². The van der Waals surface area contributed by atoms with Gasteiger partial charge in [-0.1, -0.05) is 41.4 Å². The first-order chi connectivity index (χ1) is 11.7. The van der Waals surface area contributed by atoms with E-state index in [4.69, 9.17) is 28.2 Å². The highest BCUT2D eigenvalue weighted by atomic mass is 35.5. The number of halogens is 2. The maximum absolute atomic E-state index is 6.20. The number of hydrogen-bond donors (Lipinski definition) is 1. The Kier molecular flexibility index (Phi) is 4.10. The predicted molar refractivity (Wildman–Crippen MR) is 102 cm³/mol. The van der Waals surface area contributed by atoms with Crippen LogP contribution in [-0.4, -0.2) is 11.5 Å². The van der Waals surface area contributed by atoms with E-state index in [1.54, 1.807) is 11.3 Å². The van der Waals surface area contributed by atoms with Gasteiger partial charge in [0.1, 0.15) is 5.71 Å². The summed E-state index contributed by atoms with van der Waals surface area (Å²) in [6, 6.07) is 17.2. The van der Waals surface area contributed by atoms with Gasteiger partial charge in [-0.15, -0.1) is 11.3 Å². The van der Waals surface area contributed by atoms with Crippen LogP contribution in [-0.2, 0) is 0 Å². The van der Waals surface area contributed by atoms with Gasteiger partial charge in [0.15, 0.2) is 5.84 Å². The summed E-state index contributed by atoms with van der Waals surface area (Å²) in [5.74, 6) is 0.720. The molecule has 2 heterocycles. The molecule has 0 fully saturated rings. The van der Waals surface area contributed by atoms with E-state index in [1.807, 2.05) is 60.0 Å². The Hall–Kier alpha value is -2.14. The third-order valence-corrected chi connectivity index (χ3v) is 4.96. The van der Waals surface area contributed by atoms with Crippen molar-refractivity contribution >= 4 is 51.8 Å². The van der Waals surface area contributed by atoms with Gasteiger partial charge >= 0.3 is 0 Å². The van der Waals surface area contributed by atoms with Crippen molar-refractivity contribution in [3.8, 4) is 0 Å². The van der Waals surface area contributed by atoms with E-state index >= 15 is 0 Å². The minimum Gasteiger partial charge on any atom is -0.260 e. The van der Waals surface area contributed by atoms with Gasteiger partial charge in [-0.05, 0) is 41.8 Å². The van der Waals surface area contributed by atoms with Gasteiger partial charge in [-0.2, -0.15) is 5.10 Å². The number of thiophene rings is 1. The van der Waals surface area contributed by atoms with Crippen molar-refractivity contribution in [2.24, 2.45) is 10.1 Å². The Balaban J connectivity index is 1.88. The number of hydrogen-bond acceptors (Lipinski definition) is 4. The molecule has 2 aromatic carbocycles. The Labute approximate surface area is 153 Å². The number of amidine groups is 1. The first kappa shape index (κ1) is 15.4. The normalized spacial score (nSPS) is 13.4. The number of nitrogens with zero attached hydrogens (tertiary/aromatic N) is 2. The highest BCUT2D eigenvalue weighted by Crippen LogP contribution is 2.29. The molecule has 1 aliphatic rings. The van der Waals surface area contributed by atoms with E-state index in [1.165, 1.54) is 0 Å². The standard InChI is InChI=1S/C18H11Cl2N3S/c19-12-5-3-11(4-6-12)17-14-10-13(20)7-8-15(14)21-18(23-22-17)16-2-1-9-24-16/h1-10H,(H,21,23). The third-order valence-electron chi connectivity index (χ3n) is 3.59. The molecule has 6 heteroatoms. The summed E-state index contributed by atoms with van der Waals surface area (Å²) >= 11 is 13.8. The number of rotatable bonds is 2. The average Bonchev–Trinajstić information content (AvgIpc) is 3.05. The Bertz CT molecular complexity index is 945. The fourth-order valence-corrected chi connectivity index (χ4v) is 3.42. The molecular weight excluding hydrogens is 361 g/mol. The summed E-state index contributed by atoms with van der Waals surface area (Å²) in [4.78, 5) is 5.76. The lowest BCUT2D eigenvalue weighted by Crippen LogP contribution is -2.18. The highest BCUT2D eigenvalue weighted by Gasteiger charge is 2.18. The van der Waals surface area contributed by atoms with Crippen molar-refractivity contribution in [3.05, 3.63) is 86.0 Å². The van der Waals surface area contributed by atoms with Crippen molar-refractivity contribution in [3.63, 3.8) is 0 Å². The molecule has 0 amide bonds. The molecule has 0 bridgehead atoms. The quantitative estimate of drug-likeness (QED) is 0.635. The fraction of sp³-hybridized carbons (Fsp3) is 0. The summed E-state index contributed by atoms with van der Waals surface area (Å²) in [5.41, 5.74) is 6.51. The molecule has 118 valence electrons. The van der Waals surface area contributed by atoms with Crippen molar-refractivity contribution in [1.29, 1.82) is 0 Å². The lowest BCUT2D eigenvalue weighted by molar-refractivity contribution is 1.03. The zero-order chi connectivity index (χ0) is 16.5. The minimum atomic E-state index is 0.644. The summed E-state index contributed by atoms with van der Waals surface area (Å²) in [6.07, 6.45) is 0. The van der Waals surface area contributed by atoms with Crippen LogP contribution < -0.4 is 5.43 Å². The SMILES string of the molecule is Clc1ccc(C2=NNC(c3cccs3)=Nc3ccc(Cl)cc32)cc1. The van der Waals surface area contributed by atoms with Crippen molar-refractivity contribution in [2.45, 2.75) is 0 Å². The maximum Gasteiger partial charge on any atom is 0.164 e. The average molecular weight is 372 g/mol. The molecule has 1 N–H and O–H groups in total. The van der Waals surface area contributed by atoms with Crippen LogP contribution in [0.15, 0.2) is 70.1 Å². The Morgan fingerprint density at radius 2 is 1.71 bits per heavy atom. The first-order valence-electron chi connectivity index (χ1n) is 7.23. The van der Waals surface area contributed by atoms with Gasteiger partial charge in [0.05, 0.1) is 10.6 Å². The van der Waals surface area contributed by atoms with E-state index in [-0.39, 0.29) is 0 Å². The van der Waals surface area contributed by atoms with Crippen LogP contribution in [0, 0.1) is 0 Å². The molecule has 3 aromatic rings. The lowest BCUT2D eigenvalue weighted by Gasteiger charge is -2.08. The Morgan fingerprint density at radius 3 is 2.46 bits per heavy atom. The summed E-state index contributed by atoms with van der Waals surface area (Å²) in [6.45, 7) is 0. The molecule has 1 aliphatic heterocycles. The second-order valence-corrected chi connectivity index (χ2v) is 7.00. The van der Waals surface area contributed by atoms with Gasteiger partial charge in [-0.25, -0.2) is 4.99 Å². The minimum absolute atomic E-state index is 0.644. The van der Waals surface area contributed by atoms with Crippen LogP contribution >= 0.6 is 34.5 Å². The number of nitrogens with one attached hydrogen (secondary N) is 1. The smallest absolute Gasteiger partial charge is 0.164 e. The van der Waals surface area contributed by atoms with Crippen LogP contribution in [0.1, 0.15) is 16.0 Å². The molecule has 0 radical (unpaired) electrons. The van der Waals surface area contributed by atoms with Crippen LogP contribution in [0.25, 0.3) is 0 Å². The monoisotopic (exact) mass is 371 g/mol. The Morgan fingerprint density at radius 1 is 0.917 bits per heavy atom. The van der Waals surface area contributed by atoms with Crippen molar-refractivity contribution < 1.29 is 0 Å². The van der Waals surface area contributed by atoms with Crippen LogP contribution in [0.3, 0.4) is 0 Å². The number of benzene rings is 2. The van der Waals surface area contributed by atoms with Gasteiger partial charge in [0, 0.05) is 21.2 Å². The maximum atomic E-state index is 6.20. The lowest BCUT2D eigenvalue weighted by atomic mass is 10.0. The molecule has 24 heavy (non-hydrogen) atoms. The second-order valence-electron chi connectivity index (χ2n) is 5.18. The fourth-order valence-electron chi connectivity index (χ4n) is 2.46. The summed E-state index contributed by atoms with van der Waals surface area (Å²) < 4.78 is 0. The second kappa shape index (κ2) is 6.40. The molecule has 0 saturated carbocycles. The molecular formula is C18H11Cl2N3S. The van der Waals surface area contributed by atoms with Crippen LogP contribution in [0.4, 0.5) is 5.69 Å². The van der Waals surface area contributed by atoms with E-state index in [2.05, 4.69) is 10.5 Å². The number of aliphatic imine (C=N–C) groups is 1. The molecule has 4 rings (SSSR count). The summed E-state index contributed by atoms with van der Waals surface area (Å²) in [7, 11) is 0. The molecule has 0 spiro atoms. The highest BCUT2D eigenvalue weighted by molar-refractivity contribution is 7.12. The van der Waals surface area contributed by atoms with E-state index in [0.717, 1.165) is 33.2 Å². The van der Waals surface area contributed by atoms with Crippen LogP contribution in [0.5, 0.6) is 0 Å². The van der Waals surface area contributed by atoms with E-state index < -0.39 is 0 Å². The zero-order valence-corrected chi connectivity index (χ0v) is 14.7. The molecule has 0 aliphatic carbocycles. The molecule has 3 nitrogen and oxygen atoms in total. The molecule has 0 unspecified atom stereocenters.